The molecule has 0 unspecified atom stereocenters. The van der Waals surface area contributed by atoms with Gasteiger partial charge in [0.25, 0.3) is 10.0 Å². The monoisotopic (exact) mass is 478 g/mol. The molecule has 0 radical (unpaired) electrons. The first kappa shape index (κ1) is 24.4. The summed E-state index contributed by atoms with van der Waals surface area (Å²) < 4.78 is 55.6. The highest BCUT2D eigenvalue weighted by Crippen LogP contribution is 2.12. The Kier molecular flexibility index (Phi) is 8.05. The molecule has 0 atom stereocenters. The Bertz CT molecular complexity index is 1140. The first-order chi connectivity index (χ1) is 15.2. The fourth-order valence-corrected chi connectivity index (χ4v) is 5.44. The minimum atomic E-state index is -3.78. The van der Waals surface area contributed by atoms with Crippen LogP contribution in [0.15, 0.2) is 63.3 Å². The van der Waals surface area contributed by atoms with Gasteiger partial charge < -0.3 is 0 Å². The zero-order valence-corrected chi connectivity index (χ0v) is 20.0. The number of hydrogen-bond acceptors (Lipinski definition) is 6. The van der Waals surface area contributed by atoms with Crippen LogP contribution < -0.4 is 9.44 Å². The molecule has 0 aliphatic carbocycles. The number of hydrogen-bond donors (Lipinski definition) is 2. The van der Waals surface area contributed by atoms with Crippen LogP contribution in [0.25, 0.3) is 0 Å². The fraction of sp³-hybridized carbons (Fsp3) is 0.409. The molecule has 1 saturated heterocycles. The van der Waals surface area contributed by atoms with Gasteiger partial charge in [-0.3, -0.25) is 14.6 Å². The summed E-state index contributed by atoms with van der Waals surface area (Å²) in [6, 6.07) is 13.2. The molecule has 0 saturated carbocycles. The Morgan fingerprint density at radius 3 is 1.88 bits per heavy atom. The maximum atomic E-state index is 12.8. The molecule has 0 spiro atoms. The van der Waals surface area contributed by atoms with E-state index in [0.717, 1.165) is 37.1 Å². The number of benzene rings is 2. The van der Waals surface area contributed by atoms with E-state index in [9.17, 15) is 16.8 Å². The van der Waals surface area contributed by atoms with Gasteiger partial charge in [-0.2, -0.15) is 0 Å². The Hall–Kier alpha value is -2.27. The topological polar surface area (TPSA) is 108 Å². The van der Waals surface area contributed by atoms with E-state index < -0.39 is 20.0 Å². The molecule has 1 fully saturated rings. The predicted molar refractivity (Wildman–Crippen MR) is 126 cm³/mol. The van der Waals surface area contributed by atoms with Crippen molar-refractivity contribution in [3.05, 3.63) is 59.7 Å². The third-order valence-corrected chi connectivity index (χ3v) is 8.07. The molecule has 1 aliphatic heterocycles. The fourth-order valence-electron chi connectivity index (χ4n) is 3.37. The van der Waals surface area contributed by atoms with E-state index in [1.54, 1.807) is 48.5 Å². The number of aryl methyl sites for hydroxylation is 2. The molecular formula is C22H30N4O4S2. The Morgan fingerprint density at radius 2 is 1.34 bits per heavy atom. The predicted octanol–water partition coefficient (Wildman–Crippen LogP) is 2.05. The molecule has 1 heterocycles. The van der Waals surface area contributed by atoms with Crippen molar-refractivity contribution >= 4 is 25.9 Å². The van der Waals surface area contributed by atoms with E-state index in [-0.39, 0.29) is 22.9 Å². The molecule has 0 aromatic heterocycles. The molecule has 2 aromatic carbocycles. The lowest BCUT2D eigenvalue weighted by molar-refractivity contribution is 0.385. The molecule has 3 rings (SSSR count). The van der Waals surface area contributed by atoms with Gasteiger partial charge in [0.15, 0.2) is 0 Å². The van der Waals surface area contributed by atoms with E-state index in [1.165, 1.54) is 0 Å². The Labute approximate surface area is 190 Å². The Balaban J connectivity index is 1.67. The summed E-state index contributed by atoms with van der Waals surface area (Å²) in [6.07, 6.45) is 2.13. The summed E-state index contributed by atoms with van der Waals surface area (Å²) in [7, 11) is -7.42. The molecular weight excluding hydrogens is 448 g/mol. The number of sulfonamides is 2. The van der Waals surface area contributed by atoms with Crippen molar-refractivity contribution in [1.82, 2.24) is 14.3 Å². The largest absolute Gasteiger partial charge is 0.296 e. The van der Waals surface area contributed by atoms with E-state index in [0.29, 0.717) is 12.4 Å². The highest BCUT2D eigenvalue weighted by atomic mass is 32.2. The second-order valence-electron chi connectivity index (χ2n) is 7.94. The molecule has 1 aliphatic rings. The van der Waals surface area contributed by atoms with Gasteiger partial charge in [0, 0.05) is 6.54 Å². The van der Waals surface area contributed by atoms with E-state index in [2.05, 4.69) is 19.3 Å². The molecule has 10 heteroatoms. The zero-order valence-electron chi connectivity index (χ0n) is 18.4. The lowest BCUT2D eigenvalue weighted by atomic mass is 10.2. The highest BCUT2D eigenvalue weighted by Gasteiger charge is 2.20. The maximum absolute atomic E-state index is 12.8. The van der Waals surface area contributed by atoms with Crippen LogP contribution in [0.4, 0.5) is 0 Å². The highest BCUT2D eigenvalue weighted by molar-refractivity contribution is 7.90. The molecule has 0 bridgehead atoms. The van der Waals surface area contributed by atoms with Crippen LogP contribution in [-0.2, 0) is 20.0 Å². The van der Waals surface area contributed by atoms with Crippen LogP contribution in [0, 0.1) is 13.8 Å². The number of aliphatic imine (C=N–C) groups is 1. The smallest absolute Gasteiger partial charge is 0.262 e. The first-order valence-electron chi connectivity index (χ1n) is 10.6. The summed E-state index contributed by atoms with van der Waals surface area (Å²) in [5.41, 5.74) is 1.94. The van der Waals surface area contributed by atoms with Crippen molar-refractivity contribution in [2.75, 3.05) is 32.7 Å². The number of likely N-dealkylation sites (tertiary alicyclic amines) is 1. The van der Waals surface area contributed by atoms with Crippen molar-refractivity contribution in [3.8, 4) is 0 Å². The number of rotatable bonds is 9. The number of amidine groups is 1. The second-order valence-corrected chi connectivity index (χ2v) is 11.4. The standard InChI is InChI=1S/C22H30N4O4S2/c1-18-5-9-20(10-6-18)31(27,28)24-14-13-23-22(17-26-15-3-4-16-26)25-32(29,30)21-11-7-19(2)8-12-21/h5-12,24H,3-4,13-17H2,1-2H3,(H,23,25). The lowest BCUT2D eigenvalue weighted by Gasteiger charge is -2.18. The van der Waals surface area contributed by atoms with Crippen LogP contribution in [0.2, 0.25) is 0 Å². The van der Waals surface area contributed by atoms with Gasteiger partial charge in [0.2, 0.25) is 10.0 Å². The third-order valence-electron chi connectivity index (χ3n) is 5.19. The van der Waals surface area contributed by atoms with Gasteiger partial charge in [-0.15, -0.1) is 0 Å². The van der Waals surface area contributed by atoms with Gasteiger partial charge in [0.1, 0.15) is 5.84 Å². The average molecular weight is 479 g/mol. The molecule has 0 amide bonds. The van der Waals surface area contributed by atoms with Crippen molar-refractivity contribution in [1.29, 1.82) is 0 Å². The SMILES string of the molecule is Cc1ccc(S(=O)(=O)NCCN=C(CN2CCCC2)NS(=O)(=O)c2ccc(C)cc2)cc1. The lowest BCUT2D eigenvalue weighted by Crippen LogP contribution is -2.39. The maximum Gasteiger partial charge on any atom is 0.262 e. The van der Waals surface area contributed by atoms with E-state index >= 15 is 0 Å². The van der Waals surface area contributed by atoms with Gasteiger partial charge in [-0.25, -0.2) is 21.6 Å². The molecule has 2 aromatic rings. The van der Waals surface area contributed by atoms with Crippen LogP contribution in [0.1, 0.15) is 24.0 Å². The van der Waals surface area contributed by atoms with Crippen molar-refractivity contribution in [2.45, 2.75) is 36.5 Å². The third kappa shape index (κ3) is 6.86. The summed E-state index contributed by atoms with van der Waals surface area (Å²) >= 11 is 0. The zero-order chi connectivity index (χ0) is 23.2. The normalized spacial score (nSPS) is 15.8. The summed E-state index contributed by atoms with van der Waals surface area (Å²) in [5.74, 6) is 0.307. The van der Waals surface area contributed by atoms with Gasteiger partial charge in [-0.05, 0) is 64.0 Å². The van der Waals surface area contributed by atoms with Crippen molar-refractivity contribution in [3.63, 3.8) is 0 Å². The van der Waals surface area contributed by atoms with Crippen LogP contribution in [0.5, 0.6) is 0 Å². The minimum absolute atomic E-state index is 0.0615. The number of nitrogens with one attached hydrogen (secondary N) is 2. The second kappa shape index (κ2) is 10.6. The van der Waals surface area contributed by atoms with Crippen LogP contribution in [0.3, 0.4) is 0 Å². The van der Waals surface area contributed by atoms with Gasteiger partial charge in [-0.1, -0.05) is 35.4 Å². The van der Waals surface area contributed by atoms with E-state index in [1.807, 2.05) is 13.8 Å². The molecule has 2 N–H and O–H groups in total. The van der Waals surface area contributed by atoms with E-state index in [4.69, 9.17) is 0 Å². The average Bonchev–Trinajstić information content (AvgIpc) is 3.24. The van der Waals surface area contributed by atoms with Crippen LogP contribution in [-0.4, -0.2) is 60.3 Å². The minimum Gasteiger partial charge on any atom is -0.296 e. The van der Waals surface area contributed by atoms with Crippen LogP contribution >= 0.6 is 0 Å². The van der Waals surface area contributed by atoms with Crippen molar-refractivity contribution < 1.29 is 16.8 Å². The number of nitrogens with zero attached hydrogens (tertiary/aromatic N) is 2. The quantitative estimate of drug-likeness (QED) is 0.326. The molecule has 32 heavy (non-hydrogen) atoms. The van der Waals surface area contributed by atoms with Crippen molar-refractivity contribution in [2.24, 2.45) is 4.99 Å². The first-order valence-corrected chi connectivity index (χ1v) is 13.5. The Morgan fingerprint density at radius 1 is 0.844 bits per heavy atom. The summed E-state index contributed by atoms with van der Waals surface area (Å²) in [4.78, 5) is 6.86. The summed E-state index contributed by atoms with van der Waals surface area (Å²) in [6.45, 7) is 6.09. The van der Waals surface area contributed by atoms with Gasteiger partial charge in [0.05, 0.1) is 22.9 Å². The molecule has 174 valence electrons. The molecule has 8 nitrogen and oxygen atoms in total. The van der Waals surface area contributed by atoms with Gasteiger partial charge >= 0.3 is 0 Å². The summed E-state index contributed by atoms with van der Waals surface area (Å²) in [5, 5.41) is 0.